The van der Waals surface area contributed by atoms with Crippen LogP contribution in [0, 0.1) is 0 Å². The van der Waals surface area contributed by atoms with Crippen LogP contribution in [0.1, 0.15) is 194 Å². The van der Waals surface area contributed by atoms with Crippen LogP contribution < -0.4 is 0 Å². The smallest absolute Gasteiger partial charge is 0.306 e. The van der Waals surface area contributed by atoms with Crippen LogP contribution in [0.4, 0.5) is 0 Å². The van der Waals surface area contributed by atoms with Crippen LogP contribution in [0.5, 0.6) is 0 Å². The summed E-state index contributed by atoms with van der Waals surface area (Å²) in [6.07, 6.45) is 39.6. The fourth-order valence-electron chi connectivity index (χ4n) is 6.89. The standard InChI is InChI=1S/C49H86O10/c1-3-5-7-9-11-13-15-17-19-20-21-22-24-26-28-30-32-34-36-38-45(52)58-42(41-57-49-48(55)47(54)46(53)43(39-50)59-49)40-56-44(51)37-35-33-31-29-27-25-23-18-16-14-12-10-8-6-4-2/h11-14,17-19,23,42-43,46-50,53-55H,3-10,15-16,20-22,24-41H2,1-2H3/b13-11+,14-12+,19-17+,23-18+/t42-,43-,46+,47?,48?,49-/m1/s1. The van der Waals surface area contributed by atoms with Crippen LogP contribution in [-0.4, -0.2) is 89.0 Å². The second-order valence-electron chi connectivity index (χ2n) is 16.2. The van der Waals surface area contributed by atoms with Crippen LogP contribution in [0.3, 0.4) is 0 Å². The lowest BCUT2D eigenvalue weighted by molar-refractivity contribution is -0.305. The minimum absolute atomic E-state index is 0.221. The van der Waals surface area contributed by atoms with E-state index in [0.29, 0.717) is 12.8 Å². The van der Waals surface area contributed by atoms with Crippen molar-refractivity contribution in [1.82, 2.24) is 0 Å². The zero-order chi connectivity index (χ0) is 43.0. The number of unbranched alkanes of at least 4 members (excludes halogenated alkanes) is 20. The molecule has 0 aromatic heterocycles. The Morgan fingerprint density at radius 2 is 0.949 bits per heavy atom. The molecular formula is C49H86O10. The quantitative estimate of drug-likeness (QED) is 0.0267. The summed E-state index contributed by atoms with van der Waals surface area (Å²) < 4.78 is 22.2. The molecule has 6 atom stereocenters. The SMILES string of the molecule is CCCCC/C=C/C/C=C/CCCCCCCCCCCC(=O)O[C@H](COC(=O)CCCCCCC/C=C/C/C=C/CCCCC)CO[C@@H]1O[C@H](CO)[C@H](O)C(O)C1O. The van der Waals surface area contributed by atoms with Crippen LogP contribution in [-0.2, 0) is 28.5 Å². The highest BCUT2D eigenvalue weighted by molar-refractivity contribution is 5.70. The maximum absolute atomic E-state index is 12.8. The molecule has 0 aromatic carbocycles. The molecule has 0 aromatic rings. The highest BCUT2D eigenvalue weighted by Gasteiger charge is 2.44. The van der Waals surface area contributed by atoms with Gasteiger partial charge in [0.25, 0.3) is 0 Å². The Bertz CT molecular complexity index is 1100. The Morgan fingerprint density at radius 3 is 1.41 bits per heavy atom. The van der Waals surface area contributed by atoms with E-state index in [1.54, 1.807) is 0 Å². The van der Waals surface area contributed by atoms with Gasteiger partial charge in [-0.3, -0.25) is 9.59 Å². The first-order valence-corrected chi connectivity index (χ1v) is 23.7. The Balaban J connectivity index is 2.31. The number of aliphatic hydroxyl groups excluding tert-OH is 4. The summed E-state index contributed by atoms with van der Waals surface area (Å²) in [5.74, 6) is -0.827. The Hall–Kier alpha value is -2.34. The van der Waals surface area contributed by atoms with Gasteiger partial charge in [0.05, 0.1) is 13.2 Å². The number of rotatable bonds is 39. The maximum atomic E-state index is 12.8. The number of carbonyl (C=O) groups is 2. The van der Waals surface area contributed by atoms with Crippen LogP contribution in [0.2, 0.25) is 0 Å². The highest BCUT2D eigenvalue weighted by atomic mass is 16.7. The number of hydrogen-bond donors (Lipinski definition) is 4. The van der Waals surface area contributed by atoms with E-state index in [9.17, 15) is 30.0 Å². The zero-order valence-corrected chi connectivity index (χ0v) is 37.2. The maximum Gasteiger partial charge on any atom is 0.306 e. The minimum Gasteiger partial charge on any atom is -0.462 e. The van der Waals surface area contributed by atoms with Gasteiger partial charge in [-0.15, -0.1) is 0 Å². The largest absolute Gasteiger partial charge is 0.462 e. The van der Waals surface area contributed by atoms with Gasteiger partial charge >= 0.3 is 11.9 Å². The van der Waals surface area contributed by atoms with Crippen LogP contribution >= 0.6 is 0 Å². The molecule has 1 aliphatic rings. The molecular weight excluding hydrogens is 749 g/mol. The van der Waals surface area contributed by atoms with Gasteiger partial charge in [-0.25, -0.2) is 0 Å². The van der Waals surface area contributed by atoms with Crippen molar-refractivity contribution in [3.8, 4) is 0 Å². The molecule has 0 bridgehead atoms. The summed E-state index contributed by atoms with van der Waals surface area (Å²) in [6.45, 7) is 3.36. The number of aliphatic hydroxyl groups is 4. The fourth-order valence-corrected chi connectivity index (χ4v) is 6.89. The van der Waals surface area contributed by atoms with E-state index >= 15 is 0 Å². The van der Waals surface area contributed by atoms with Crippen molar-refractivity contribution in [2.24, 2.45) is 0 Å². The van der Waals surface area contributed by atoms with Gasteiger partial charge < -0.3 is 39.4 Å². The van der Waals surface area contributed by atoms with Gasteiger partial charge in [0.15, 0.2) is 12.4 Å². The van der Waals surface area contributed by atoms with Crippen molar-refractivity contribution in [1.29, 1.82) is 0 Å². The number of hydrogen-bond acceptors (Lipinski definition) is 10. The molecule has 10 nitrogen and oxygen atoms in total. The van der Waals surface area contributed by atoms with Crippen molar-refractivity contribution in [2.45, 2.75) is 230 Å². The van der Waals surface area contributed by atoms with Gasteiger partial charge in [0.1, 0.15) is 31.0 Å². The third-order valence-electron chi connectivity index (χ3n) is 10.7. The first kappa shape index (κ1) is 54.7. The molecule has 1 rings (SSSR count). The summed E-state index contributed by atoms with van der Waals surface area (Å²) >= 11 is 0. The minimum atomic E-state index is -1.60. The molecule has 1 saturated heterocycles. The monoisotopic (exact) mass is 835 g/mol. The van der Waals surface area contributed by atoms with Gasteiger partial charge in [0, 0.05) is 12.8 Å². The predicted octanol–water partition coefficient (Wildman–Crippen LogP) is 10.4. The molecule has 1 fully saturated rings. The molecule has 0 aliphatic carbocycles. The van der Waals surface area contributed by atoms with Gasteiger partial charge in [-0.05, 0) is 77.0 Å². The number of allylic oxidation sites excluding steroid dienone is 8. The Morgan fingerprint density at radius 1 is 0.525 bits per heavy atom. The van der Waals surface area contributed by atoms with Crippen molar-refractivity contribution >= 4 is 11.9 Å². The van der Waals surface area contributed by atoms with Crippen molar-refractivity contribution in [3.05, 3.63) is 48.6 Å². The number of carbonyl (C=O) groups excluding carboxylic acids is 2. The van der Waals surface area contributed by atoms with E-state index in [4.69, 9.17) is 18.9 Å². The molecule has 4 N–H and O–H groups in total. The van der Waals surface area contributed by atoms with E-state index in [1.807, 2.05) is 0 Å². The third kappa shape index (κ3) is 31.2. The van der Waals surface area contributed by atoms with Crippen molar-refractivity contribution < 1.29 is 49.0 Å². The topological polar surface area (TPSA) is 152 Å². The van der Waals surface area contributed by atoms with E-state index < -0.39 is 55.4 Å². The lowest BCUT2D eigenvalue weighted by atomic mass is 9.99. The predicted molar refractivity (Wildman–Crippen MR) is 238 cm³/mol. The Labute approximate surface area is 358 Å². The molecule has 10 heteroatoms. The normalized spacial score (nSPS) is 20.4. The molecule has 342 valence electrons. The average molecular weight is 835 g/mol. The van der Waals surface area contributed by atoms with Gasteiger partial charge in [-0.1, -0.05) is 152 Å². The fraction of sp³-hybridized carbons (Fsp3) is 0.796. The Kier molecular flexibility index (Phi) is 36.9. The van der Waals surface area contributed by atoms with Crippen molar-refractivity contribution in [3.63, 3.8) is 0 Å². The van der Waals surface area contributed by atoms with E-state index in [2.05, 4.69) is 62.5 Å². The van der Waals surface area contributed by atoms with E-state index in [0.717, 1.165) is 70.6 Å². The third-order valence-corrected chi connectivity index (χ3v) is 10.7. The number of esters is 2. The molecule has 59 heavy (non-hydrogen) atoms. The summed E-state index contributed by atoms with van der Waals surface area (Å²) in [5, 5.41) is 40.1. The van der Waals surface area contributed by atoms with Gasteiger partial charge in [0.2, 0.25) is 0 Å². The summed E-state index contributed by atoms with van der Waals surface area (Å²) in [5.41, 5.74) is 0. The van der Waals surface area contributed by atoms with E-state index in [1.165, 1.54) is 83.5 Å². The second-order valence-corrected chi connectivity index (χ2v) is 16.2. The molecule has 0 radical (unpaired) electrons. The van der Waals surface area contributed by atoms with Crippen LogP contribution in [0.15, 0.2) is 48.6 Å². The van der Waals surface area contributed by atoms with Crippen molar-refractivity contribution in [2.75, 3.05) is 19.8 Å². The van der Waals surface area contributed by atoms with Crippen LogP contribution in [0.25, 0.3) is 0 Å². The second kappa shape index (κ2) is 39.8. The molecule has 1 heterocycles. The lowest BCUT2D eigenvalue weighted by Gasteiger charge is -2.39. The highest BCUT2D eigenvalue weighted by Crippen LogP contribution is 2.22. The molecule has 0 amide bonds. The summed E-state index contributed by atoms with van der Waals surface area (Å²) in [6, 6.07) is 0. The number of ether oxygens (including phenoxy) is 4. The van der Waals surface area contributed by atoms with Gasteiger partial charge in [-0.2, -0.15) is 0 Å². The molecule has 0 saturated carbocycles. The first-order valence-electron chi connectivity index (χ1n) is 23.7. The average Bonchev–Trinajstić information content (AvgIpc) is 3.23. The molecule has 1 aliphatic heterocycles. The summed E-state index contributed by atoms with van der Waals surface area (Å²) in [4.78, 5) is 25.4. The molecule has 2 unspecified atom stereocenters. The summed E-state index contributed by atoms with van der Waals surface area (Å²) in [7, 11) is 0. The first-order chi connectivity index (χ1) is 28.8. The lowest BCUT2D eigenvalue weighted by Crippen LogP contribution is -2.59. The zero-order valence-electron chi connectivity index (χ0n) is 37.2. The van der Waals surface area contributed by atoms with E-state index in [-0.39, 0.29) is 26.1 Å². The molecule has 0 spiro atoms.